The van der Waals surface area contributed by atoms with Crippen LogP contribution in [0.5, 0.6) is 0 Å². The van der Waals surface area contributed by atoms with Crippen LogP contribution in [0.2, 0.25) is 0 Å². The van der Waals surface area contributed by atoms with E-state index >= 15 is 0 Å². The van der Waals surface area contributed by atoms with Gasteiger partial charge >= 0.3 is 0 Å². The number of carbonyl (C=O) groups is 1. The SMILES string of the molecule is Cc1cc(CSc2ccccc2C(=O)NCC(C)CO)on1. The first-order chi connectivity index (χ1) is 10.6. The highest BCUT2D eigenvalue weighted by atomic mass is 32.2. The molecule has 2 aromatic rings. The van der Waals surface area contributed by atoms with E-state index in [1.165, 1.54) is 11.8 Å². The van der Waals surface area contributed by atoms with Crippen molar-refractivity contribution in [2.24, 2.45) is 5.92 Å². The molecule has 1 aromatic carbocycles. The van der Waals surface area contributed by atoms with E-state index in [4.69, 9.17) is 9.63 Å². The summed E-state index contributed by atoms with van der Waals surface area (Å²) in [5.74, 6) is 1.32. The van der Waals surface area contributed by atoms with Crippen LogP contribution in [-0.2, 0) is 5.75 Å². The van der Waals surface area contributed by atoms with E-state index in [1.807, 2.05) is 38.1 Å². The maximum absolute atomic E-state index is 12.3. The number of thioether (sulfide) groups is 1. The van der Waals surface area contributed by atoms with Crippen molar-refractivity contribution in [3.05, 3.63) is 47.3 Å². The summed E-state index contributed by atoms with van der Waals surface area (Å²) in [5.41, 5.74) is 1.48. The topological polar surface area (TPSA) is 75.4 Å². The summed E-state index contributed by atoms with van der Waals surface area (Å²) in [5, 5.41) is 15.7. The lowest BCUT2D eigenvalue weighted by atomic mass is 10.1. The zero-order valence-corrected chi connectivity index (χ0v) is 13.5. The van der Waals surface area contributed by atoms with Gasteiger partial charge in [0.05, 0.1) is 17.0 Å². The lowest BCUT2D eigenvalue weighted by molar-refractivity contribution is 0.0939. The van der Waals surface area contributed by atoms with E-state index in [-0.39, 0.29) is 18.4 Å². The molecule has 1 heterocycles. The van der Waals surface area contributed by atoms with Crippen molar-refractivity contribution in [2.75, 3.05) is 13.2 Å². The number of aliphatic hydroxyl groups is 1. The van der Waals surface area contributed by atoms with E-state index in [1.54, 1.807) is 6.07 Å². The Morgan fingerprint density at radius 1 is 1.45 bits per heavy atom. The molecule has 5 nitrogen and oxygen atoms in total. The molecular formula is C16H20N2O3S. The first-order valence-electron chi connectivity index (χ1n) is 7.13. The second-order valence-corrected chi connectivity index (χ2v) is 6.23. The van der Waals surface area contributed by atoms with Gasteiger partial charge in [-0.25, -0.2) is 0 Å². The average Bonchev–Trinajstić information content (AvgIpc) is 2.96. The van der Waals surface area contributed by atoms with Crippen LogP contribution in [-0.4, -0.2) is 29.3 Å². The Balaban J connectivity index is 2.01. The highest BCUT2D eigenvalue weighted by Crippen LogP contribution is 2.26. The Hall–Kier alpha value is -1.79. The predicted molar refractivity (Wildman–Crippen MR) is 85.8 cm³/mol. The minimum absolute atomic E-state index is 0.0425. The van der Waals surface area contributed by atoms with Gasteiger partial charge in [0.2, 0.25) is 0 Å². The number of nitrogens with one attached hydrogen (secondary N) is 1. The minimum Gasteiger partial charge on any atom is -0.396 e. The van der Waals surface area contributed by atoms with Crippen LogP contribution in [0, 0.1) is 12.8 Å². The third kappa shape index (κ3) is 4.61. The third-order valence-corrected chi connectivity index (χ3v) is 4.20. The number of rotatable bonds is 7. The van der Waals surface area contributed by atoms with Crippen molar-refractivity contribution in [1.82, 2.24) is 10.5 Å². The number of nitrogens with zero attached hydrogens (tertiary/aromatic N) is 1. The van der Waals surface area contributed by atoms with Crippen LogP contribution < -0.4 is 5.32 Å². The Kier molecular flexibility index (Phi) is 6.03. The summed E-state index contributed by atoms with van der Waals surface area (Å²) in [6.45, 7) is 4.27. The second-order valence-electron chi connectivity index (χ2n) is 5.22. The van der Waals surface area contributed by atoms with E-state index in [9.17, 15) is 4.79 Å². The first-order valence-corrected chi connectivity index (χ1v) is 8.11. The van der Waals surface area contributed by atoms with Gasteiger partial charge < -0.3 is 14.9 Å². The van der Waals surface area contributed by atoms with Gasteiger partial charge in [0, 0.05) is 24.1 Å². The molecule has 0 fully saturated rings. The van der Waals surface area contributed by atoms with Gasteiger partial charge in [-0.3, -0.25) is 4.79 Å². The number of hydrogen-bond donors (Lipinski definition) is 2. The fourth-order valence-corrected chi connectivity index (χ4v) is 2.76. The van der Waals surface area contributed by atoms with Gasteiger partial charge in [-0.1, -0.05) is 24.2 Å². The van der Waals surface area contributed by atoms with Gasteiger partial charge in [0.25, 0.3) is 5.91 Å². The molecule has 0 bridgehead atoms. The van der Waals surface area contributed by atoms with Crippen LogP contribution in [0.25, 0.3) is 0 Å². The predicted octanol–water partition coefficient (Wildman–Crippen LogP) is 2.63. The summed E-state index contributed by atoms with van der Waals surface area (Å²) in [6.07, 6.45) is 0. The number of aryl methyl sites for hydroxylation is 1. The van der Waals surface area contributed by atoms with Crippen molar-refractivity contribution in [2.45, 2.75) is 24.5 Å². The van der Waals surface area contributed by atoms with E-state index in [2.05, 4.69) is 10.5 Å². The molecule has 1 unspecified atom stereocenters. The van der Waals surface area contributed by atoms with Crippen molar-refractivity contribution in [3.8, 4) is 0 Å². The molecule has 6 heteroatoms. The molecule has 1 amide bonds. The molecule has 2 N–H and O–H groups in total. The maximum atomic E-state index is 12.3. The fraction of sp³-hybridized carbons (Fsp3) is 0.375. The van der Waals surface area contributed by atoms with Crippen molar-refractivity contribution in [1.29, 1.82) is 0 Å². The zero-order valence-electron chi connectivity index (χ0n) is 12.7. The van der Waals surface area contributed by atoms with Crippen molar-refractivity contribution >= 4 is 17.7 Å². The van der Waals surface area contributed by atoms with Gasteiger partial charge in [-0.15, -0.1) is 11.8 Å². The summed E-state index contributed by atoms with van der Waals surface area (Å²) in [4.78, 5) is 13.2. The lowest BCUT2D eigenvalue weighted by Crippen LogP contribution is -2.29. The first kappa shape index (κ1) is 16.6. The van der Waals surface area contributed by atoms with E-state index in [0.717, 1.165) is 16.3 Å². The average molecular weight is 320 g/mol. The van der Waals surface area contributed by atoms with E-state index in [0.29, 0.717) is 17.9 Å². The maximum Gasteiger partial charge on any atom is 0.252 e. The Labute approximate surface area is 134 Å². The number of carbonyl (C=O) groups excluding carboxylic acids is 1. The number of aliphatic hydroxyl groups excluding tert-OH is 1. The number of benzene rings is 1. The molecule has 0 aliphatic carbocycles. The Morgan fingerprint density at radius 2 is 2.23 bits per heavy atom. The molecule has 0 saturated carbocycles. The molecule has 0 spiro atoms. The highest BCUT2D eigenvalue weighted by molar-refractivity contribution is 7.98. The molecule has 118 valence electrons. The normalized spacial score (nSPS) is 12.1. The Morgan fingerprint density at radius 3 is 2.91 bits per heavy atom. The second kappa shape index (κ2) is 8.00. The summed E-state index contributed by atoms with van der Waals surface area (Å²) in [7, 11) is 0. The minimum atomic E-state index is -0.128. The molecule has 0 radical (unpaired) electrons. The highest BCUT2D eigenvalue weighted by Gasteiger charge is 2.13. The smallest absolute Gasteiger partial charge is 0.252 e. The van der Waals surface area contributed by atoms with Crippen molar-refractivity contribution < 1.29 is 14.4 Å². The van der Waals surface area contributed by atoms with Crippen LogP contribution >= 0.6 is 11.8 Å². The van der Waals surface area contributed by atoms with Crippen LogP contribution in [0.4, 0.5) is 0 Å². The molecule has 1 atom stereocenters. The number of amides is 1. The largest absolute Gasteiger partial charge is 0.396 e. The monoisotopic (exact) mass is 320 g/mol. The molecule has 0 aliphatic heterocycles. The van der Waals surface area contributed by atoms with Gasteiger partial charge in [-0.2, -0.15) is 0 Å². The number of aromatic nitrogens is 1. The van der Waals surface area contributed by atoms with Crippen LogP contribution in [0.15, 0.2) is 39.8 Å². The molecule has 2 rings (SSSR count). The zero-order chi connectivity index (χ0) is 15.9. The third-order valence-electron chi connectivity index (χ3n) is 3.10. The summed E-state index contributed by atoms with van der Waals surface area (Å²) in [6, 6.07) is 9.35. The fourth-order valence-electron chi connectivity index (χ4n) is 1.84. The molecule has 1 aromatic heterocycles. The molecular weight excluding hydrogens is 300 g/mol. The quantitative estimate of drug-likeness (QED) is 0.767. The number of hydrogen-bond acceptors (Lipinski definition) is 5. The molecule has 0 saturated heterocycles. The van der Waals surface area contributed by atoms with Crippen LogP contribution in [0.1, 0.15) is 28.7 Å². The van der Waals surface area contributed by atoms with Gasteiger partial charge in [0.1, 0.15) is 5.76 Å². The van der Waals surface area contributed by atoms with Gasteiger partial charge in [0.15, 0.2) is 0 Å². The lowest BCUT2D eigenvalue weighted by Gasteiger charge is -2.12. The summed E-state index contributed by atoms with van der Waals surface area (Å²) < 4.78 is 5.18. The Bertz CT molecular complexity index is 627. The van der Waals surface area contributed by atoms with Gasteiger partial charge in [-0.05, 0) is 25.0 Å². The van der Waals surface area contributed by atoms with E-state index < -0.39 is 0 Å². The van der Waals surface area contributed by atoms with Crippen LogP contribution in [0.3, 0.4) is 0 Å². The molecule has 22 heavy (non-hydrogen) atoms. The summed E-state index contributed by atoms with van der Waals surface area (Å²) >= 11 is 1.54. The molecule has 0 aliphatic rings. The standard InChI is InChI=1S/C16H20N2O3S/c1-11(9-19)8-17-16(20)14-5-3-4-6-15(14)22-10-13-7-12(2)18-21-13/h3-7,11,19H,8-10H2,1-2H3,(H,17,20). The van der Waals surface area contributed by atoms with Crippen molar-refractivity contribution in [3.63, 3.8) is 0 Å².